The van der Waals surface area contributed by atoms with Gasteiger partial charge in [0.1, 0.15) is 6.29 Å². The third-order valence-electron chi connectivity index (χ3n) is 4.30. The lowest BCUT2D eigenvalue weighted by Crippen LogP contribution is -2.37. The van der Waals surface area contributed by atoms with Gasteiger partial charge in [-0.15, -0.1) is 0 Å². The molecule has 2 N–H and O–H groups in total. The van der Waals surface area contributed by atoms with Crippen LogP contribution in [0.15, 0.2) is 12.1 Å². The average Bonchev–Trinajstić information content (AvgIpc) is 2.48. The highest BCUT2D eigenvalue weighted by atomic mass is 16.5. The second-order valence-corrected chi connectivity index (χ2v) is 5.52. The summed E-state index contributed by atoms with van der Waals surface area (Å²) in [7, 11) is 1.99. The lowest BCUT2D eigenvalue weighted by Gasteiger charge is -2.35. The number of likely N-dealkylation sites (N-methyl/N-ethyl adjacent to an activating group) is 1. The van der Waals surface area contributed by atoms with E-state index in [1.807, 2.05) is 13.1 Å². The number of fused-ring (bicyclic) bond motifs is 1. The molecule has 2 aliphatic heterocycles. The molecule has 1 saturated heterocycles. The molecule has 0 aliphatic carbocycles. The standard InChI is InChI=1S/C15H21N3O2/c1-17-3-2-11-8-13(16)14(9-12(11)15(17)10-19)18-4-6-20-7-5-18/h8-10,15H,2-7,16H2,1H3. The quantitative estimate of drug-likeness (QED) is 0.640. The number of nitrogens with two attached hydrogens (primary N) is 1. The minimum absolute atomic E-state index is 0.154. The molecule has 20 heavy (non-hydrogen) atoms. The maximum Gasteiger partial charge on any atom is 0.141 e. The number of carbonyl (C=O) groups is 1. The summed E-state index contributed by atoms with van der Waals surface area (Å²) in [4.78, 5) is 15.7. The van der Waals surface area contributed by atoms with Crippen molar-refractivity contribution >= 4 is 17.7 Å². The first-order valence-corrected chi connectivity index (χ1v) is 7.11. The van der Waals surface area contributed by atoms with Gasteiger partial charge < -0.3 is 20.2 Å². The van der Waals surface area contributed by atoms with E-state index in [1.165, 1.54) is 5.56 Å². The Morgan fingerprint density at radius 1 is 1.30 bits per heavy atom. The van der Waals surface area contributed by atoms with E-state index in [9.17, 15) is 4.79 Å². The van der Waals surface area contributed by atoms with E-state index in [4.69, 9.17) is 10.5 Å². The van der Waals surface area contributed by atoms with Crippen LogP contribution in [0.2, 0.25) is 0 Å². The van der Waals surface area contributed by atoms with Crippen LogP contribution < -0.4 is 10.6 Å². The number of nitrogens with zero attached hydrogens (tertiary/aromatic N) is 2. The predicted molar refractivity (Wildman–Crippen MR) is 79.0 cm³/mol. The van der Waals surface area contributed by atoms with Crippen LogP contribution in [0, 0.1) is 0 Å². The number of carbonyl (C=O) groups excluding carboxylic acids is 1. The van der Waals surface area contributed by atoms with Crippen molar-refractivity contribution in [1.82, 2.24) is 4.90 Å². The molecule has 2 heterocycles. The van der Waals surface area contributed by atoms with Gasteiger partial charge in [-0.3, -0.25) is 4.90 Å². The van der Waals surface area contributed by atoms with Crippen molar-refractivity contribution in [3.05, 3.63) is 23.3 Å². The number of nitrogen functional groups attached to an aromatic ring is 1. The summed E-state index contributed by atoms with van der Waals surface area (Å²) >= 11 is 0. The molecular weight excluding hydrogens is 254 g/mol. The van der Waals surface area contributed by atoms with Crippen LogP contribution in [-0.4, -0.2) is 51.1 Å². The molecule has 1 fully saturated rings. The van der Waals surface area contributed by atoms with Gasteiger partial charge in [-0.2, -0.15) is 0 Å². The van der Waals surface area contributed by atoms with Gasteiger partial charge in [-0.05, 0) is 36.7 Å². The van der Waals surface area contributed by atoms with E-state index < -0.39 is 0 Å². The minimum Gasteiger partial charge on any atom is -0.397 e. The van der Waals surface area contributed by atoms with Crippen LogP contribution in [0.5, 0.6) is 0 Å². The lowest BCUT2D eigenvalue weighted by atomic mass is 9.92. The minimum atomic E-state index is -0.154. The number of anilines is 2. The van der Waals surface area contributed by atoms with Gasteiger partial charge in [-0.1, -0.05) is 0 Å². The van der Waals surface area contributed by atoms with E-state index in [2.05, 4.69) is 15.9 Å². The normalized spacial score (nSPS) is 23.4. The zero-order valence-corrected chi connectivity index (χ0v) is 11.8. The first-order valence-electron chi connectivity index (χ1n) is 7.11. The molecule has 0 spiro atoms. The first-order chi connectivity index (χ1) is 9.70. The molecule has 0 amide bonds. The Labute approximate surface area is 119 Å². The fourth-order valence-electron chi connectivity index (χ4n) is 3.09. The Bertz CT molecular complexity index is 512. The monoisotopic (exact) mass is 275 g/mol. The summed E-state index contributed by atoms with van der Waals surface area (Å²) in [5.41, 5.74) is 10.4. The predicted octanol–water partition coefficient (Wildman–Crippen LogP) is 0.833. The molecule has 1 unspecified atom stereocenters. The third kappa shape index (κ3) is 2.27. The zero-order chi connectivity index (χ0) is 14.1. The SMILES string of the molecule is CN1CCc2cc(N)c(N3CCOCC3)cc2C1C=O. The van der Waals surface area contributed by atoms with Crippen LogP contribution in [0.25, 0.3) is 0 Å². The van der Waals surface area contributed by atoms with E-state index in [0.29, 0.717) is 0 Å². The summed E-state index contributed by atoms with van der Waals surface area (Å²) in [6.45, 7) is 4.06. The van der Waals surface area contributed by atoms with Crippen molar-refractivity contribution in [2.75, 3.05) is 50.5 Å². The maximum absolute atomic E-state index is 11.4. The van der Waals surface area contributed by atoms with Gasteiger partial charge in [0, 0.05) is 19.6 Å². The van der Waals surface area contributed by atoms with Crippen LogP contribution in [0.3, 0.4) is 0 Å². The van der Waals surface area contributed by atoms with Gasteiger partial charge in [-0.25, -0.2) is 0 Å². The fourth-order valence-corrected chi connectivity index (χ4v) is 3.09. The van der Waals surface area contributed by atoms with Gasteiger partial charge in [0.2, 0.25) is 0 Å². The lowest BCUT2D eigenvalue weighted by molar-refractivity contribution is -0.112. The van der Waals surface area contributed by atoms with E-state index in [-0.39, 0.29) is 6.04 Å². The van der Waals surface area contributed by atoms with Crippen molar-refractivity contribution in [3.63, 3.8) is 0 Å². The second kappa shape index (κ2) is 5.42. The number of rotatable bonds is 2. The number of hydrogen-bond acceptors (Lipinski definition) is 5. The smallest absolute Gasteiger partial charge is 0.141 e. The molecule has 5 nitrogen and oxygen atoms in total. The van der Waals surface area contributed by atoms with Crippen LogP contribution in [-0.2, 0) is 16.0 Å². The van der Waals surface area contributed by atoms with Crippen molar-refractivity contribution in [2.24, 2.45) is 0 Å². The molecule has 1 atom stereocenters. The van der Waals surface area contributed by atoms with Gasteiger partial charge in [0.25, 0.3) is 0 Å². The van der Waals surface area contributed by atoms with E-state index >= 15 is 0 Å². The number of ether oxygens (including phenoxy) is 1. The van der Waals surface area contributed by atoms with Gasteiger partial charge in [0.15, 0.2) is 0 Å². The van der Waals surface area contributed by atoms with E-state index in [1.54, 1.807) is 0 Å². The topological polar surface area (TPSA) is 58.8 Å². The van der Waals surface area contributed by atoms with Crippen LogP contribution >= 0.6 is 0 Å². The first kappa shape index (κ1) is 13.4. The highest BCUT2D eigenvalue weighted by Gasteiger charge is 2.26. The highest BCUT2D eigenvalue weighted by molar-refractivity contribution is 5.74. The van der Waals surface area contributed by atoms with Gasteiger partial charge in [0.05, 0.1) is 30.6 Å². The number of benzene rings is 1. The third-order valence-corrected chi connectivity index (χ3v) is 4.30. The Kier molecular flexibility index (Phi) is 3.63. The molecule has 0 radical (unpaired) electrons. The Morgan fingerprint density at radius 3 is 2.75 bits per heavy atom. The Balaban J connectivity index is 2.00. The number of morpholine rings is 1. The second-order valence-electron chi connectivity index (χ2n) is 5.52. The summed E-state index contributed by atoms with van der Waals surface area (Å²) in [6, 6.07) is 3.99. The molecule has 0 saturated carbocycles. The zero-order valence-electron chi connectivity index (χ0n) is 11.8. The molecule has 3 rings (SSSR count). The summed E-state index contributed by atoms with van der Waals surface area (Å²) in [5.74, 6) is 0. The van der Waals surface area contributed by atoms with Crippen LogP contribution in [0.1, 0.15) is 17.2 Å². The van der Waals surface area contributed by atoms with Crippen LogP contribution in [0.4, 0.5) is 11.4 Å². The highest BCUT2D eigenvalue weighted by Crippen LogP contribution is 2.35. The largest absolute Gasteiger partial charge is 0.397 e. The Hall–Kier alpha value is -1.59. The molecular formula is C15H21N3O2. The van der Waals surface area contributed by atoms with Crippen molar-refractivity contribution < 1.29 is 9.53 Å². The van der Waals surface area contributed by atoms with Crippen molar-refractivity contribution in [2.45, 2.75) is 12.5 Å². The van der Waals surface area contributed by atoms with Crippen molar-refractivity contribution in [3.8, 4) is 0 Å². The summed E-state index contributed by atoms with van der Waals surface area (Å²) < 4.78 is 5.39. The fraction of sp³-hybridized carbons (Fsp3) is 0.533. The molecule has 108 valence electrons. The summed E-state index contributed by atoms with van der Waals surface area (Å²) in [5, 5.41) is 0. The van der Waals surface area contributed by atoms with E-state index in [0.717, 1.165) is 62.5 Å². The number of hydrogen-bond donors (Lipinski definition) is 1. The molecule has 2 aliphatic rings. The maximum atomic E-state index is 11.4. The molecule has 0 aromatic heterocycles. The number of aldehydes is 1. The van der Waals surface area contributed by atoms with Gasteiger partial charge >= 0.3 is 0 Å². The Morgan fingerprint density at radius 2 is 2.05 bits per heavy atom. The molecule has 1 aromatic rings. The molecule has 5 heteroatoms. The summed E-state index contributed by atoms with van der Waals surface area (Å²) in [6.07, 6.45) is 1.97. The van der Waals surface area contributed by atoms with Crippen molar-refractivity contribution in [1.29, 1.82) is 0 Å². The molecule has 1 aromatic carbocycles. The average molecular weight is 275 g/mol. The molecule has 0 bridgehead atoms.